The van der Waals surface area contributed by atoms with Crippen LogP contribution in [-0.2, 0) is 4.79 Å². The van der Waals surface area contributed by atoms with Crippen molar-refractivity contribution in [2.75, 3.05) is 26.2 Å². The van der Waals surface area contributed by atoms with Crippen molar-refractivity contribution in [3.8, 4) is 5.69 Å². The van der Waals surface area contributed by atoms with Crippen LogP contribution in [0.25, 0.3) is 5.69 Å². The van der Waals surface area contributed by atoms with Gasteiger partial charge in [-0.3, -0.25) is 9.59 Å². The van der Waals surface area contributed by atoms with Gasteiger partial charge in [-0.05, 0) is 42.7 Å². The highest BCUT2D eigenvalue weighted by Crippen LogP contribution is 2.28. The highest BCUT2D eigenvalue weighted by molar-refractivity contribution is 5.94. The zero-order valence-corrected chi connectivity index (χ0v) is 16.3. The molecule has 1 aromatic heterocycles. The fourth-order valence-corrected chi connectivity index (χ4v) is 4.30. The molecule has 0 spiro atoms. The maximum atomic E-state index is 12.8. The van der Waals surface area contributed by atoms with Gasteiger partial charge >= 0.3 is 0 Å². The third-order valence-corrected chi connectivity index (χ3v) is 6.04. The molecule has 148 valence electrons. The summed E-state index contributed by atoms with van der Waals surface area (Å²) in [5.41, 5.74) is 1.61. The monoisotopic (exact) mass is 380 g/mol. The van der Waals surface area contributed by atoms with Crippen LogP contribution in [0.4, 0.5) is 0 Å². The second-order valence-corrected chi connectivity index (χ2v) is 7.86. The minimum atomic E-state index is 0.0325. The van der Waals surface area contributed by atoms with E-state index in [1.165, 1.54) is 25.7 Å². The molecule has 0 N–H and O–H groups in total. The molecule has 0 atom stereocenters. The summed E-state index contributed by atoms with van der Waals surface area (Å²) in [4.78, 5) is 29.0. The number of carbonyl (C=O) groups is 2. The lowest BCUT2D eigenvalue weighted by Crippen LogP contribution is -2.50. The molecule has 0 bridgehead atoms. The molecule has 1 aliphatic carbocycles. The van der Waals surface area contributed by atoms with Crippen LogP contribution in [0.2, 0.25) is 0 Å². The highest BCUT2D eigenvalue weighted by atomic mass is 16.2. The van der Waals surface area contributed by atoms with Crippen molar-refractivity contribution in [3.05, 3.63) is 48.3 Å². The molecule has 1 aliphatic heterocycles. The van der Waals surface area contributed by atoms with Gasteiger partial charge in [0.1, 0.15) is 0 Å². The molecule has 2 heterocycles. The van der Waals surface area contributed by atoms with E-state index in [1.54, 1.807) is 10.9 Å². The Bertz CT molecular complexity index is 786. The highest BCUT2D eigenvalue weighted by Gasteiger charge is 2.25. The van der Waals surface area contributed by atoms with E-state index in [1.807, 2.05) is 46.3 Å². The second kappa shape index (κ2) is 8.59. The van der Waals surface area contributed by atoms with Gasteiger partial charge in [-0.1, -0.05) is 25.7 Å². The predicted octanol–water partition coefficient (Wildman–Crippen LogP) is 3.13. The maximum absolute atomic E-state index is 12.8. The van der Waals surface area contributed by atoms with E-state index in [-0.39, 0.29) is 11.8 Å². The molecule has 0 unspecified atom stereocenters. The molecular weight excluding hydrogens is 352 g/mol. The summed E-state index contributed by atoms with van der Waals surface area (Å²) >= 11 is 0. The van der Waals surface area contributed by atoms with E-state index in [9.17, 15) is 9.59 Å². The summed E-state index contributed by atoms with van der Waals surface area (Å²) in [6.07, 6.45) is 10.5. The normalized spacial score (nSPS) is 17.9. The molecule has 4 rings (SSSR count). The van der Waals surface area contributed by atoms with Crippen LogP contribution in [0.5, 0.6) is 0 Å². The van der Waals surface area contributed by atoms with Crippen molar-refractivity contribution in [1.82, 2.24) is 19.6 Å². The summed E-state index contributed by atoms with van der Waals surface area (Å²) in [5, 5.41) is 4.20. The zero-order valence-electron chi connectivity index (χ0n) is 16.3. The van der Waals surface area contributed by atoms with E-state index < -0.39 is 0 Å². The molecular formula is C22H28N4O2. The maximum Gasteiger partial charge on any atom is 0.253 e. The molecule has 6 heteroatoms. The molecule has 1 saturated carbocycles. The largest absolute Gasteiger partial charge is 0.339 e. The van der Waals surface area contributed by atoms with Gasteiger partial charge in [-0.15, -0.1) is 0 Å². The number of carbonyl (C=O) groups excluding carboxylic acids is 2. The molecule has 1 saturated heterocycles. The van der Waals surface area contributed by atoms with Gasteiger partial charge in [0.15, 0.2) is 0 Å². The van der Waals surface area contributed by atoms with Gasteiger partial charge in [-0.2, -0.15) is 5.10 Å². The van der Waals surface area contributed by atoms with Crippen LogP contribution >= 0.6 is 0 Å². The van der Waals surface area contributed by atoms with Gasteiger partial charge in [-0.25, -0.2) is 4.68 Å². The van der Waals surface area contributed by atoms with Crippen LogP contribution < -0.4 is 0 Å². The van der Waals surface area contributed by atoms with E-state index >= 15 is 0 Å². The van der Waals surface area contributed by atoms with Crippen LogP contribution in [0, 0.1) is 5.92 Å². The smallest absolute Gasteiger partial charge is 0.253 e. The van der Waals surface area contributed by atoms with Crippen molar-refractivity contribution in [2.24, 2.45) is 5.92 Å². The number of hydrogen-bond donors (Lipinski definition) is 0. The van der Waals surface area contributed by atoms with Crippen LogP contribution in [0.1, 0.15) is 48.9 Å². The van der Waals surface area contributed by atoms with Crippen molar-refractivity contribution < 1.29 is 9.59 Å². The standard InChI is InChI=1S/C22H28N4O2/c27-21(11-6-18-4-1-2-5-18)24-14-16-25(17-15-24)22(28)19-7-9-20(10-8-19)26-13-3-12-23-26/h3,7-10,12-13,18H,1-2,4-6,11,14-17H2. The lowest BCUT2D eigenvalue weighted by Gasteiger charge is -2.35. The van der Waals surface area contributed by atoms with Crippen LogP contribution in [0.15, 0.2) is 42.7 Å². The van der Waals surface area contributed by atoms with Crippen LogP contribution in [-0.4, -0.2) is 57.6 Å². The Hall–Kier alpha value is -2.63. The molecule has 28 heavy (non-hydrogen) atoms. The molecule has 2 fully saturated rings. The minimum absolute atomic E-state index is 0.0325. The number of nitrogens with zero attached hydrogens (tertiary/aromatic N) is 4. The molecule has 2 aliphatic rings. The number of amides is 2. The first kappa shape index (κ1) is 18.7. The van der Waals surface area contributed by atoms with E-state index in [0.29, 0.717) is 38.2 Å². The first-order chi connectivity index (χ1) is 13.7. The van der Waals surface area contributed by atoms with Gasteiger partial charge in [0.2, 0.25) is 5.91 Å². The number of piperazine rings is 1. The average Bonchev–Trinajstić information content (AvgIpc) is 3.46. The first-order valence-electron chi connectivity index (χ1n) is 10.4. The Morgan fingerprint density at radius 2 is 1.64 bits per heavy atom. The second-order valence-electron chi connectivity index (χ2n) is 7.86. The van der Waals surface area contributed by atoms with E-state index in [2.05, 4.69) is 5.10 Å². The van der Waals surface area contributed by atoms with Crippen molar-refractivity contribution in [3.63, 3.8) is 0 Å². The Morgan fingerprint density at radius 1 is 0.964 bits per heavy atom. The van der Waals surface area contributed by atoms with Gasteiger partial charge in [0.05, 0.1) is 5.69 Å². The Balaban J connectivity index is 1.27. The van der Waals surface area contributed by atoms with Gasteiger partial charge < -0.3 is 9.80 Å². The summed E-state index contributed by atoms with van der Waals surface area (Å²) in [6.45, 7) is 2.49. The summed E-state index contributed by atoms with van der Waals surface area (Å²) in [5.74, 6) is 1.03. The minimum Gasteiger partial charge on any atom is -0.339 e. The van der Waals surface area contributed by atoms with Gasteiger partial charge in [0, 0.05) is 50.6 Å². The first-order valence-corrected chi connectivity index (χ1v) is 10.4. The van der Waals surface area contributed by atoms with Crippen molar-refractivity contribution >= 4 is 11.8 Å². The SMILES string of the molecule is O=C(CCC1CCCC1)N1CCN(C(=O)c2ccc(-n3cccn3)cc2)CC1. The Labute approximate surface area is 166 Å². The molecule has 2 aromatic rings. The van der Waals surface area contributed by atoms with Gasteiger partial charge in [0.25, 0.3) is 5.91 Å². The van der Waals surface area contributed by atoms with E-state index in [0.717, 1.165) is 18.0 Å². The summed E-state index contributed by atoms with van der Waals surface area (Å²) in [6, 6.07) is 9.37. The number of rotatable bonds is 5. The fraction of sp³-hybridized carbons (Fsp3) is 0.500. The number of aromatic nitrogens is 2. The fourth-order valence-electron chi connectivity index (χ4n) is 4.30. The summed E-state index contributed by atoms with van der Waals surface area (Å²) in [7, 11) is 0. The third kappa shape index (κ3) is 4.26. The Morgan fingerprint density at radius 3 is 2.29 bits per heavy atom. The summed E-state index contributed by atoms with van der Waals surface area (Å²) < 4.78 is 1.77. The quantitative estimate of drug-likeness (QED) is 0.801. The Kier molecular flexibility index (Phi) is 5.74. The topological polar surface area (TPSA) is 58.4 Å². The lowest BCUT2D eigenvalue weighted by atomic mass is 10.0. The van der Waals surface area contributed by atoms with E-state index in [4.69, 9.17) is 0 Å². The predicted molar refractivity (Wildman–Crippen MR) is 107 cm³/mol. The molecule has 0 radical (unpaired) electrons. The van der Waals surface area contributed by atoms with Crippen LogP contribution in [0.3, 0.4) is 0 Å². The number of hydrogen-bond acceptors (Lipinski definition) is 3. The third-order valence-electron chi connectivity index (χ3n) is 6.04. The number of benzene rings is 1. The molecule has 1 aromatic carbocycles. The molecule has 6 nitrogen and oxygen atoms in total. The van der Waals surface area contributed by atoms with Crippen molar-refractivity contribution in [2.45, 2.75) is 38.5 Å². The van der Waals surface area contributed by atoms with Crippen molar-refractivity contribution in [1.29, 1.82) is 0 Å². The average molecular weight is 380 g/mol. The molecule has 2 amide bonds. The zero-order chi connectivity index (χ0) is 19.3. The lowest BCUT2D eigenvalue weighted by molar-refractivity contribution is -0.133.